The van der Waals surface area contributed by atoms with Crippen LogP contribution in [-0.2, 0) is 20.8 Å². The predicted molar refractivity (Wildman–Crippen MR) is 138 cm³/mol. The zero-order valence-electron chi connectivity index (χ0n) is 19.9. The minimum Gasteiger partial charge on any atom is -0.465 e. The highest BCUT2D eigenvalue weighted by Gasteiger charge is 2.24. The molecule has 3 aromatic rings. The van der Waals surface area contributed by atoms with Crippen molar-refractivity contribution in [2.75, 3.05) is 6.61 Å². The lowest BCUT2D eigenvalue weighted by Gasteiger charge is -2.22. The molecule has 1 heterocycles. The molecule has 0 bridgehead atoms. The van der Waals surface area contributed by atoms with Crippen molar-refractivity contribution in [1.82, 2.24) is 9.55 Å². The number of halogens is 1. The van der Waals surface area contributed by atoms with E-state index in [1.54, 1.807) is 12.1 Å². The van der Waals surface area contributed by atoms with E-state index < -0.39 is 18.4 Å². The van der Waals surface area contributed by atoms with Crippen LogP contribution in [0.15, 0.2) is 42.5 Å². The molecule has 0 spiro atoms. The van der Waals surface area contributed by atoms with Crippen molar-refractivity contribution in [2.24, 2.45) is 0 Å². The van der Waals surface area contributed by atoms with Crippen LogP contribution in [0.1, 0.15) is 61.9 Å². The molecule has 186 valence electrons. The van der Waals surface area contributed by atoms with Gasteiger partial charge in [-0.1, -0.05) is 24.6 Å². The van der Waals surface area contributed by atoms with Gasteiger partial charge in [-0.2, -0.15) is 4.98 Å². The van der Waals surface area contributed by atoms with Crippen LogP contribution < -0.4 is 4.74 Å². The molecule has 8 nitrogen and oxygen atoms in total. The summed E-state index contributed by atoms with van der Waals surface area (Å²) < 4.78 is 24.8. The van der Waals surface area contributed by atoms with Gasteiger partial charge in [0.15, 0.2) is 0 Å². The first-order valence-corrected chi connectivity index (χ1v) is 13.0. The van der Waals surface area contributed by atoms with Gasteiger partial charge in [0.1, 0.15) is 6.10 Å². The topological polar surface area (TPSA) is 88.9 Å². The molecule has 1 saturated carbocycles. The average Bonchev–Trinajstić information content (AvgIpc) is 3.18. The minimum absolute atomic E-state index is 0.138. The van der Waals surface area contributed by atoms with E-state index in [2.05, 4.69) is 27.6 Å². The number of carbonyl (C=O) groups is 2. The second-order valence-electron chi connectivity index (χ2n) is 8.43. The number of ether oxygens (including phenoxy) is 4. The van der Waals surface area contributed by atoms with Crippen LogP contribution in [0.3, 0.4) is 0 Å². The monoisotopic (exact) mass is 592 g/mol. The van der Waals surface area contributed by atoms with E-state index in [0.29, 0.717) is 35.8 Å². The van der Waals surface area contributed by atoms with E-state index in [9.17, 15) is 9.59 Å². The normalized spacial score (nSPS) is 14.9. The number of imidazole rings is 1. The number of hydrogen-bond acceptors (Lipinski definition) is 7. The van der Waals surface area contributed by atoms with Crippen molar-refractivity contribution in [1.29, 1.82) is 0 Å². The predicted octanol–water partition coefficient (Wildman–Crippen LogP) is 6.08. The third-order valence-corrected chi connectivity index (χ3v) is 6.55. The van der Waals surface area contributed by atoms with Crippen molar-refractivity contribution in [3.63, 3.8) is 0 Å². The Labute approximate surface area is 218 Å². The molecule has 1 unspecified atom stereocenters. The Hall–Kier alpha value is -2.82. The molecule has 2 aromatic carbocycles. The Morgan fingerprint density at radius 3 is 2.54 bits per heavy atom. The van der Waals surface area contributed by atoms with Crippen LogP contribution in [0.4, 0.5) is 4.79 Å². The lowest BCUT2D eigenvalue weighted by Crippen LogP contribution is -2.26. The number of carbonyl (C=O) groups excluding carboxylic acids is 2. The Bertz CT molecular complexity index is 1170. The SMILES string of the molecule is CCOc1nc2cccc(C(=O)OC(C)OC(=O)OC3CCCCC3)c2n1Cc1ccc(I)cc1. The van der Waals surface area contributed by atoms with Crippen molar-refractivity contribution < 1.29 is 28.5 Å². The summed E-state index contributed by atoms with van der Waals surface area (Å²) in [7, 11) is 0. The smallest absolute Gasteiger partial charge is 0.465 e. The third-order valence-electron chi connectivity index (χ3n) is 5.83. The van der Waals surface area contributed by atoms with Crippen LogP contribution in [0, 0.1) is 3.57 Å². The number of esters is 1. The van der Waals surface area contributed by atoms with E-state index in [4.69, 9.17) is 18.9 Å². The van der Waals surface area contributed by atoms with Crippen molar-refractivity contribution in [3.05, 3.63) is 57.2 Å². The van der Waals surface area contributed by atoms with Crippen molar-refractivity contribution in [2.45, 2.75) is 64.9 Å². The van der Waals surface area contributed by atoms with Gasteiger partial charge in [0.25, 0.3) is 6.01 Å². The van der Waals surface area contributed by atoms with Gasteiger partial charge in [-0.05, 0) is 85.0 Å². The molecule has 1 aliphatic carbocycles. The lowest BCUT2D eigenvalue weighted by atomic mass is 9.98. The summed E-state index contributed by atoms with van der Waals surface area (Å²) in [4.78, 5) is 29.8. The van der Waals surface area contributed by atoms with Gasteiger partial charge in [-0.3, -0.25) is 4.57 Å². The number of aromatic nitrogens is 2. The van der Waals surface area contributed by atoms with E-state index >= 15 is 0 Å². The van der Waals surface area contributed by atoms with E-state index in [0.717, 1.165) is 41.2 Å². The summed E-state index contributed by atoms with van der Waals surface area (Å²) >= 11 is 2.26. The quantitative estimate of drug-likeness (QED) is 0.178. The first-order chi connectivity index (χ1) is 16.9. The number of nitrogens with zero attached hydrogens (tertiary/aromatic N) is 2. The highest BCUT2D eigenvalue weighted by molar-refractivity contribution is 14.1. The molecule has 9 heteroatoms. The Morgan fingerprint density at radius 2 is 1.83 bits per heavy atom. The van der Waals surface area contributed by atoms with Crippen LogP contribution in [0.5, 0.6) is 6.01 Å². The highest BCUT2D eigenvalue weighted by Crippen LogP contribution is 2.27. The Balaban J connectivity index is 1.53. The van der Waals surface area contributed by atoms with Gasteiger partial charge in [0, 0.05) is 10.5 Å². The fraction of sp³-hybridized carbons (Fsp3) is 0.423. The van der Waals surface area contributed by atoms with E-state index in [1.165, 1.54) is 6.92 Å². The summed E-state index contributed by atoms with van der Waals surface area (Å²) in [6.07, 6.45) is 2.82. The number of hydrogen-bond donors (Lipinski definition) is 0. The maximum absolute atomic E-state index is 13.1. The summed E-state index contributed by atoms with van der Waals surface area (Å²) in [6, 6.07) is 13.7. The van der Waals surface area contributed by atoms with E-state index in [-0.39, 0.29) is 6.10 Å². The van der Waals surface area contributed by atoms with Gasteiger partial charge in [-0.25, -0.2) is 9.59 Å². The van der Waals surface area contributed by atoms with Crippen LogP contribution in [0.2, 0.25) is 0 Å². The zero-order valence-corrected chi connectivity index (χ0v) is 22.0. The first kappa shape index (κ1) is 25.3. The largest absolute Gasteiger partial charge is 0.511 e. The van der Waals surface area contributed by atoms with Crippen molar-refractivity contribution >= 4 is 45.7 Å². The summed E-state index contributed by atoms with van der Waals surface area (Å²) in [5, 5.41) is 0. The van der Waals surface area contributed by atoms with E-state index in [1.807, 2.05) is 41.8 Å². The standard InChI is InChI=1S/C26H29IN2O6/c1-3-32-25-28-22-11-7-10-21(23(22)29(25)16-18-12-14-19(27)15-13-18)24(30)33-17(2)34-26(31)35-20-8-5-4-6-9-20/h7,10-15,17,20H,3-6,8-9,16H2,1-2H3. The number of para-hydroxylation sites is 1. The molecule has 0 saturated heterocycles. The maximum Gasteiger partial charge on any atom is 0.511 e. The lowest BCUT2D eigenvalue weighted by molar-refractivity contribution is -0.0914. The second kappa shape index (κ2) is 11.7. The fourth-order valence-electron chi connectivity index (χ4n) is 4.21. The van der Waals surface area contributed by atoms with Gasteiger partial charge in [0.05, 0.1) is 29.7 Å². The Morgan fingerprint density at radius 1 is 1.09 bits per heavy atom. The molecule has 1 atom stereocenters. The number of rotatable bonds is 8. The number of benzene rings is 2. The Kier molecular flexibility index (Phi) is 8.48. The average molecular weight is 592 g/mol. The zero-order chi connectivity index (χ0) is 24.8. The van der Waals surface area contributed by atoms with Crippen LogP contribution in [-0.4, -0.2) is 40.7 Å². The highest BCUT2D eigenvalue weighted by atomic mass is 127. The number of fused-ring (bicyclic) bond motifs is 1. The summed E-state index contributed by atoms with van der Waals surface area (Å²) in [5.74, 6) is -0.625. The molecular formula is C26H29IN2O6. The minimum atomic E-state index is -1.10. The summed E-state index contributed by atoms with van der Waals surface area (Å²) in [6.45, 7) is 4.28. The molecule has 0 aliphatic heterocycles. The molecule has 1 aliphatic rings. The van der Waals surface area contributed by atoms with Crippen LogP contribution in [0.25, 0.3) is 11.0 Å². The summed E-state index contributed by atoms with van der Waals surface area (Å²) in [5.41, 5.74) is 2.55. The van der Waals surface area contributed by atoms with Gasteiger partial charge in [-0.15, -0.1) is 0 Å². The van der Waals surface area contributed by atoms with Gasteiger partial charge >= 0.3 is 12.1 Å². The third kappa shape index (κ3) is 6.45. The van der Waals surface area contributed by atoms with Crippen molar-refractivity contribution in [3.8, 4) is 6.01 Å². The molecule has 35 heavy (non-hydrogen) atoms. The molecule has 1 fully saturated rings. The fourth-order valence-corrected chi connectivity index (χ4v) is 4.57. The first-order valence-electron chi connectivity index (χ1n) is 11.9. The molecule has 1 aromatic heterocycles. The molecule has 0 radical (unpaired) electrons. The molecule has 0 N–H and O–H groups in total. The second-order valence-corrected chi connectivity index (χ2v) is 9.68. The molecular weight excluding hydrogens is 563 g/mol. The maximum atomic E-state index is 13.1. The van der Waals surface area contributed by atoms with Gasteiger partial charge < -0.3 is 18.9 Å². The molecule has 4 rings (SSSR count). The molecule has 0 amide bonds. The van der Waals surface area contributed by atoms with Gasteiger partial charge in [0.2, 0.25) is 6.29 Å². The van der Waals surface area contributed by atoms with Crippen LogP contribution >= 0.6 is 22.6 Å².